The Morgan fingerprint density at radius 3 is 2.71 bits per heavy atom. The molecule has 1 aliphatic carbocycles. The minimum absolute atomic E-state index is 0.289. The molecule has 5 heteroatoms. The lowest BCUT2D eigenvalue weighted by Crippen LogP contribution is -2.44. The molecule has 3 rings (SSSR count). The summed E-state index contributed by atoms with van der Waals surface area (Å²) < 4.78 is 1.88. The summed E-state index contributed by atoms with van der Waals surface area (Å²) in [5, 5.41) is 17.5. The average Bonchev–Trinajstić information content (AvgIpc) is 2.92. The molecule has 0 spiro atoms. The number of nitrogens with zero attached hydrogens (tertiary/aromatic N) is 3. The van der Waals surface area contributed by atoms with Crippen LogP contribution in [0.5, 0.6) is 0 Å². The van der Waals surface area contributed by atoms with Crippen LogP contribution < -0.4 is 5.32 Å². The second kappa shape index (κ2) is 7.45. The Kier molecular flexibility index (Phi) is 5.31. The topological polar surface area (TPSA) is 63.0 Å². The predicted octanol–water partition coefficient (Wildman–Crippen LogP) is 2.76. The minimum Gasteiger partial charge on any atom is -0.396 e. The van der Waals surface area contributed by atoms with Crippen LogP contribution in [0, 0.1) is 11.3 Å². The predicted molar refractivity (Wildman–Crippen MR) is 95.3 cm³/mol. The van der Waals surface area contributed by atoms with Gasteiger partial charge >= 0.3 is 0 Å². The van der Waals surface area contributed by atoms with Crippen LogP contribution in [0.1, 0.15) is 38.2 Å². The number of hydrogen-bond acceptors (Lipinski definition) is 4. The van der Waals surface area contributed by atoms with Crippen LogP contribution in [-0.2, 0) is 13.6 Å². The van der Waals surface area contributed by atoms with E-state index in [9.17, 15) is 5.11 Å². The minimum atomic E-state index is 0.289. The lowest BCUT2D eigenvalue weighted by Gasteiger charge is -2.47. The number of aliphatic hydroxyl groups excluding tert-OH is 1. The molecule has 0 bridgehead atoms. The van der Waals surface area contributed by atoms with E-state index in [1.165, 1.54) is 24.8 Å². The molecule has 2 aromatic heterocycles. The molecule has 2 heterocycles. The number of aryl methyl sites for hydroxylation is 1. The second-order valence-corrected chi connectivity index (χ2v) is 7.15. The molecular weight excluding hydrogens is 300 g/mol. The van der Waals surface area contributed by atoms with E-state index in [0.29, 0.717) is 11.3 Å². The van der Waals surface area contributed by atoms with Crippen molar-refractivity contribution >= 4 is 0 Å². The van der Waals surface area contributed by atoms with E-state index in [2.05, 4.69) is 28.5 Å². The van der Waals surface area contributed by atoms with Gasteiger partial charge in [-0.1, -0.05) is 13.3 Å². The van der Waals surface area contributed by atoms with Gasteiger partial charge in [0.2, 0.25) is 0 Å². The van der Waals surface area contributed by atoms with Gasteiger partial charge < -0.3 is 10.4 Å². The number of aliphatic hydroxyl groups is 1. The Morgan fingerprint density at radius 2 is 2.08 bits per heavy atom. The Labute approximate surface area is 144 Å². The molecule has 1 aliphatic rings. The van der Waals surface area contributed by atoms with Crippen molar-refractivity contribution < 1.29 is 5.11 Å². The maximum Gasteiger partial charge on any atom is 0.0969 e. The summed E-state index contributed by atoms with van der Waals surface area (Å²) in [4.78, 5) is 4.09. The van der Waals surface area contributed by atoms with E-state index < -0.39 is 0 Å². The highest BCUT2D eigenvalue weighted by Gasteiger charge is 2.40. The molecule has 1 atom stereocenters. The molecule has 0 radical (unpaired) electrons. The van der Waals surface area contributed by atoms with Crippen LogP contribution in [0.15, 0.2) is 30.7 Å². The first kappa shape index (κ1) is 17.1. The fourth-order valence-corrected chi connectivity index (χ4v) is 3.84. The molecule has 2 N–H and O–H groups in total. The van der Waals surface area contributed by atoms with Gasteiger partial charge in [0, 0.05) is 56.5 Å². The summed E-state index contributed by atoms with van der Waals surface area (Å²) in [6, 6.07) is 4.01. The molecule has 0 aromatic carbocycles. The molecule has 1 saturated carbocycles. The van der Waals surface area contributed by atoms with Crippen molar-refractivity contribution in [3.63, 3.8) is 0 Å². The summed E-state index contributed by atoms with van der Waals surface area (Å²) in [5.74, 6) is 0.567. The molecule has 24 heavy (non-hydrogen) atoms. The van der Waals surface area contributed by atoms with E-state index in [1.807, 2.05) is 23.9 Å². The third kappa shape index (κ3) is 3.52. The molecule has 0 aliphatic heterocycles. The highest BCUT2D eigenvalue weighted by Crippen LogP contribution is 2.47. The van der Waals surface area contributed by atoms with Crippen LogP contribution >= 0.6 is 0 Å². The largest absolute Gasteiger partial charge is 0.396 e. The van der Waals surface area contributed by atoms with Crippen molar-refractivity contribution in [2.45, 2.75) is 39.2 Å². The van der Waals surface area contributed by atoms with Crippen molar-refractivity contribution in [3.05, 3.63) is 36.3 Å². The molecule has 0 amide bonds. The van der Waals surface area contributed by atoms with Crippen molar-refractivity contribution in [1.82, 2.24) is 20.1 Å². The van der Waals surface area contributed by atoms with Crippen LogP contribution in [0.4, 0.5) is 0 Å². The average molecular weight is 328 g/mol. The van der Waals surface area contributed by atoms with Gasteiger partial charge in [-0.2, -0.15) is 5.10 Å². The standard InChI is InChI=1S/C19H28N4O/c1-15(6-11-24)19(7-3-8-19)14-21-12-17-13-23(2)22-18(17)16-4-9-20-10-5-16/h4-5,9-10,13,15,21,24H,3,6-8,11-12,14H2,1-2H3/t15-/m0/s1. The Hall–Kier alpha value is -1.72. The number of aromatic nitrogens is 3. The molecule has 130 valence electrons. The fraction of sp³-hybridized carbons (Fsp3) is 0.579. The zero-order valence-electron chi connectivity index (χ0n) is 14.7. The summed E-state index contributed by atoms with van der Waals surface area (Å²) >= 11 is 0. The molecule has 5 nitrogen and oxygen atoms in total. The third-order valence-corrected chi connectivity index (χ3v) is 5.61. The van der Waals surface area contributed by atoms with Crippen LogP contribution in [0.25, 0.3) is 11.3 Å². The first-order valence-electron chi connectivity index (χ1n) is 8.89. The zero-order chi connectivity index (χ0) is 17.0. The second-order valence-electron chi connectivity index (χ2n) is 7.15. The van der Waals surface area contributed by atoms with Crippen molar-refractivity contribution in [2.24, 2.45) is 18.4 Å². The quantitative estimate of drug-likeness (QED) is 0.782. The third-order valence-electron chi connectivity index (χ3n) is 5.61. The smallest absolute Gasteiger partial charge is 0.0969 e. The lowest BCUT2D eigenvalue weighted by atomic mass is 9.60. The monoisotopic (exact) mass is 328 g/mol. The van der Waals surface area contributed by atoms with E-state index in [-0.39, 0.29) is 6.61 Å². The zero-order valence-corrected chi connectivity index (χ0v) is 14.7. The maximum atomic E-state index is 9.25. The summed E-state index contributed by atoms with van der Waals surface area (Å²) in [6.45, 7) is 4.40. The lowest BCUT2D eigenvalue weighted by molar-refractivity contribution is 0.0427. The number of rotatable bonds is 8. The van der Waals surface area contributed by atoms with Crippen LogP contribution in [-0.4, -0.2) is 33.0 Å². The van der Waals surface area contributed by atoms with Gasteiger partial charge in [0.15, 0.2) is 0 Å². The van der Waals surface area contributed by atoms with Crippen LogP contribution in [0.2, 0.25) is 0 Å². The molecule has 1 fully saturated rings. The molecular formula is C19H28N4O. The molecule has 2 aromatic rings. The Bertz CT molecular complexity index is 649. The summed E-state index contributed by atoms with van der Waals surface area (Å²) in [7, 11) is 1.96. The molecule has 0 unspecified atom stereocenters. The van der Waals surface area contributed by atoms with Crippen LogP contribution in [0.3, 0.4) is 0 Å². The summed E-state index contributed by atoms with van der Waals surface area (Å²) in [5.41, 5.74) is 3.71. The van der Waals surface area contributed by atoms with Gasteiger partial charge in [-0.3, -0.25) is 9.67 Å². The SMILES string of the molecule is C[C@@H](CCO)C1(CNCc2cn(C)nc2-c2ccncc2)CCC1. The van der Waals surface area contributed by atoms with Gasteiger partial charge in [0.25, 0.3) is 0 Å². The first-order chi connectivity index (χ1) is 11.6. The maximum absolute atomic E-state index is 9.25. The van der Waals surface area contributed by atoms with E-state index in [4.69, 9.17) is 0 Å². The molecule has 0 saturated heterocycles. The van der Waals surface area contributed by atoms with Gasteiger partial charge in [-0.15, -0.1) is 0 Å². The number of pyridine rings is 1. The van der Waals surface area contributed by atoms with Crippen molar-refractivity contribution in [3.8, 4) is 11.3 Å². The van der Waals surface area contributed by atoms with Gasteiger partial charge in [0.05, 0.1) is 5.69 Å². The van der Waals surface area contributed by atoms with Gasteiger partial charge in [-0.25, -0.2) is 0 Å². The fourth-order valence-electron chi connectivity index (χ4n) is 3.84. The highest BCUT2D eigenvalue weighted by molar-refractivity contribution is 5.61. The first-order valence-corrected chi connectivity index (χ1v) is 8.89. The normalized spacial score (nSPS) is 17.5. The van der Waals surface area contributed by atoms with Crippen molar-refractivity contribution in [1.29, 1.82) is 0 Å². The van der Waals surface area contributed by atoms with E-state index in [1.54, 1.807) is 12.4 Å². The van der Waals surface area contributed by atoms with E-state index >= 15 is 0 Å². The highest BCUT2D eigenvalue weighted by atomic mass is 16.3. The van der Waals surface area contributed by atoms with Gasteiger partial charge in [-0.05, 0) is 42.7 Å². The van der Waals surface area contributed by atoms with E-state index in [0.717, 1.165) is 30.8 Å². The Balaban J connectivity index is 1.65. The number of hydrogen-bond donors (Lipinski definition) is 2. The Morgan fingerprint density at radius 1 is 1.33 bits per heavy atom. The number of nitrogens with one attached hydrogen (secondary N) is 1. The van der Waals surface area contributed by atoms with Gasteiger partial charge in [0.1, 0.15) is 0 Å². The van der Waals surface area contributed by atoms with Crippen molar-refractivity contribution in [2.75, 3.05) is 13.2 Å². The summed E-state index contributed by atoms with van der Waals surface area (Å²) in [6.07, 6.45) is 10.5.